The summed E-state index contributed by atoms with van der Waals surface area (Å²) in [7, 11) is 1.56. The zero-order chi connectivity index (χ0) is 22.8. The summed E-state index contributed by atoms with van der Waals surface area (Å²) in [4.78, 5) is 41.5. The van der Waals surface area contributed by atoms with Crippen LogP contribution in [0.1, 0.15) is 18.1 Å². The van der Waals surface area contributed by atoms with Crippen molar-refractivity contribution in [2.45, 2.75) is 31.2 Å². The Morgan fingerprint density at radius 2 is 1.88 bits per heavy atom. The molecular formula is C23H22ClN3O5. The van der Waals surface area contributed by atoms with E-state index >= 15 is 0 Å². The molecule has 0 unspecified atom stereocenters. The first kappa shape index (κ1) is 20.9. The predicted octanol–water partition coefficient (Wildman–Crippen LogP) is 1.65. The van der Waals surface area contributed by atoms with Crippen LogP contribution in [0.5, 0.6) is 5.75 Å². The molecule has 9 heteroatoms. The number of carbonyl (C=O) groups is 3. The third-order valence-electron chi connectivity index (χ3n) is 6.72. The maximum Gasteiger partial charge on any atom is 0.250 e. The Labute approximate surface area is 189 Å². The Kier molecular flexibility index (Phi) is 4.77. The Hall–Kier alpha value is -2.94. The standard InChI is InChI=1S/C23H22ClN3O5/c1-11(28)19-17-18(23(26-19)15-9-13(24)5-8-16(15)25-22(23)31)21(30)27(20(17)29)10-12-3-6-14(32-2)7-4-12/h3-9,11,17-19,26,28H,10H2,1-2H3,(H,25,31)/t11-,17-,18-,19-,23-/m0/s1. The molecule has 32 heavy (non-hydrogen) atoms. The fraction of sp³-hybridized carbons (Fsp3) is 0.348. The number of likely N-dealkylation sites (tertiary alicyclic amines) is 1. The van der Waals surface area contributed by atoms with Gasteiger partial charge in [-0.3, -0.25) is 24.6 Å². The second-order valence-corrected chi connectivity index (χ2v) is 8.91. The van der Waals surface area contributed by atoms with Gasteiger partial charge in [-0.05, 0) is 42.8 Å². The molecule has 0 saturated carbocycles. The number of methoxy groups -OCH3 is 1. The van der Waals surface area contributed by atoms with Crippen LogP contribution < -0.4 is 15.4 Å². The monoisotopic (exact) mass is 455 g/mol. The first-order chi connectivity index (χ1) is 15.3. The van der Waals surface area contributed by atoms with Crippen molar-refractivity contribution >= 4 is 35.0 Å². The van der Waals surface area contributed by atoms with Crippen molar-refractivity contribution in [2.24, 2.45) is 11.8 Å². The quantitative estimate of drug-likeness (QED) is 0.605. The van der Waals surface area contributed by atoms with Gasteiger partial charge in [-0.25, -0.2) is 0 Å². The molecule has 0 aromatic heterocycles. The van der Waals surface area contributed by atoms with Gasteiger partial charge in [0.15, 0.2) is 0 Å². The summed E-state index contributed by atoms with van der Waals surface area (Å²) < 4.78 is 5.16. The Bertz CT molecular complexity index is 1130. The number of ether oxygens (including phenoxy) is 1. The zero-order valence-electron chi connectivity index (χ0n) is 17.5. The molecule has 0 radical (unpaired) electrons. The van der Waals surface area contributed by atoms with E-state index in [0.717, 1.165) is 5.56 Å². The summed E-state index contributed by atoms with van der Waals surface area (Å²) >= 11 is 6.21. The highest BCUT2D eigenvalue weighted by Crippen LogP contribution is 2.53. The number of imide groups is 1. The fourth-order valence-corrected chi connectivity index (χ4v) is 5.42. The second kappa shape index (κ2) is 7.30. The van der Waals surface area contributed by atoms with Crippen molar-refractivity contribution in [1.29, 1.82) is 0 Å². The molecule has 2 saturated heterocycles. The molecule has 3 heterocycles. The third kappa shape index (κ3) is 2.80. The predicted molar refractivity (Wildman–Crippen MR) is 116 cm³/mol. The molecule has 5 atom stereocenters. The molecule has 2 fully saturated rings. The van der Waals surface area contributed by atoms with E-state index in [1.807, 2.05) is 0 Å². The van der Waals surface area contributed by atoms with Crippen molar-refractivity contribution in [3.05, 3.63) is 58.6 Å². The summed E-state index contributed by atoms with van der Waals surface area (Å²) in [5, 5.41) is 16.8. The van der Waals surface area contributed by atoms with Crippen LogP contribution in [0.15, 0.2) is 42.5 Å². The van der Waals surface area contributed by atoms with E-state index in [2.05, 4.69) is 10.6 Å². The van der Waals surface area contributed by atoms with Crippen molar-refractivity contribution < 1.29 is 24.2 Å². The topological polar surface area (TPSA) is 108 Å². The highest BCUT2D eigenvalue weighted by Gasteiger charge is 2.71. The van der Waals surface area contributed by atoms with Gasteiger partial charge in [0.05, 0.1) is 31.6 Å². The number of aliphatic hydroxyl groups excluding tert-OH is 1. The van der Waals surface area contributed by atoms with Crippen LogP contribution in [-0.4, -0.2) is 47.0 Å². The van der Waals surface area contributed by atoms with Gasteiger partial charge in [0.25, 0.3) is 0 Å². The lowest BCUT2D eigenvalue weighted by Gasteiger charge is -2.30. The fourth-order valence-electron chi connectivity index (χ4n) is 5.25. The SMILES string of the molecule is COc1ccc(CN2C(=O)[C@@H]3[C@H]([C@H](C)O)N[C@]4(C(=O)Nc5ccc(Cl)cc54)[C@@H]3C2=O)cc1. The van der Waals surface area contributed by atoms with E-state index in [4.69, 9.17) is 16.3 Å². The summed E-state index contributed by atoms with van der Waals surface area (Å²) in [6.45, 7) is 1.62. The van der Waals surface area contributed by atoms with Gasteiger partial charge in [-0.15, -0.1) is 0 Å². The van der Waals surface area contributed by atoms with Gasteiger partial charge >= 0.3 is 0 Å². The number of rotatable bonds is 4. The van der Waals surface area contributed by atoms with Crippen molar-refractivity contribution in [1.82, 2.24) is 10.2 Å². The number of amides is 3. The lowest BCUT2D eigenvalue weighted by atomic mass is 9.76. The van der Waals surface area contributed by atoms with Crippen molar-refractivity contribution in [3.8, 4) is 5.75 Å². The molecule has 3 N–H and O–H groups in total. The second-order valence-electron chi connectivity index (χ2n) is 8.48. The summed E-state index contributed by atoms with van der Waals surface area (Å²) in [5.74, 6) is -2.49. The minimum atomic E-state index is -1.48. The minimum Gasteiger partial charge on any atom is -0.497 e. The third-order valence-corrected chi connectivity index (χ3v) is 6.96. The molecule has 3 aliphatic heterocycles. The highest BCUT2D eigenvalue weighted by molar-refractivity contribution is 6.31. The van der Waals surface area contributed by atoms with E-state index in [1.165, 1.54) is 4.90 Å². The number of hydrogen-bond acceptors (Lipinski definition) is 6. The van der Waals surface area contributed by atoms with Crippen molar-refractivity contribution in [2.75, 3.05) is 12.4 Å². The molecule has 3 amide bonds. The maximum atomic E-state index is 13.6. The summed E-state index contributed by atoms with van der Waals surface area (Å²) in [6, 6.07) is 11.3. The molecule has 0 aliphatic carbocycles. The van der Waals surface area contributed by atoms with Crippen LogP contribution in [0.4, 0.5) is 5.69 Å². The smallest absolute Gasteiger partial charge is 0.250 e. The Morgan fingerprint density at radius 1 is 1.16 bits per heavy atom. The van der Waals surface area contributed by atoms with Crippen molar-refractivity contribution in [3.63, 3.8) is 0 Å². The Balaban J connectivity index is 1.58. The highest BCUT2D eigenvalue weighted by atomic mass is 35.5. The van der Waals surface area contributed by atoms with Gasteiger partial charge in [0, 0.05) is 22.3 Å². The minimum absolute atomic E-state index is 0.0707. The lowest BCUT2D eigenvalue weighted by Crippen LogP contribution is -2.54. The molecule has 166 valence electrons. The molecular weight excluding hydrogens is 434 g/mol. The largest absolute Gasteiger partial charge is 0.497 e. The molecule has 2 aromatic carbocycles. The van der Waals surface area contributed by atoms with E-state index in [0.29, 0.717) is 22.0 Å². The number of anilines is 1. The van der Waals surface area contributed by atoms with Gasteiger partial charge < -0.3 is 15.2 Å². The van der Waals surface area contributed by atoms with Crippen LogP contribution in [0.2, 0.25) is 5.02 Å². The van der Waals surface area contributed by atoms with Gasteiger partial charge in [0.1, 0.15) is 11.3 Å². The van der Waals surface area contributed by atoms with E-state index < -0.39 is 47.2 Å². The zero-order valence-corrected chi connectivity index (χ0v) is 18.2. The number of carbonyl (C=O) groups excluding carboxylic acids is 3. The van der Waals surface area contributed by atoms with Gasteiger partial charge in [-0.2, -0.15) is 0 Å². The average molecular weight is 456 g/mol. The van der Waals surface area contributed by atoms with E-state index in [9.17, 15) is 19.5 Å². The summed E-state index contributed by atoms with van der Waals surface area (Å²) in [5.41, 5.74) is 0.322. The normalized spacial score (nSPS) is 29.3. The first-order valence-corrected chi connectivity index (χ1v) is 10.7. The first-order valence-electron chi connectivity index (χ1n) is 10.3. The number of halogens is 1. The van der Waals surface area contributed by atoms with E-state index in [-0.39, 0.29) is 6.54 Å². The molecule has 2 aromatic rings. The van der Waals surface area contributed by atoms with Gasteiger partial charge in [-0.1, -0.05) is 23.7 Å². The van der Waals surface area contributed by atoms with Gasteiger partial charge in [0.2, 0.25) is 17.7 Å². The number of aliphatic hydroxyl groups is 1. The molecule has 5 rings (SSSR count). The maximum absolute atomic E-state index is 13.6. The molecule has 8 nitrogen and oxygen atoms in total. The number of benzene rings is 2. The number of nitrogens with one attached hydrogen (secondary N) is 2. The van der Waals surface area contributed by atoms with Crippen LogP contribution in [0.3, 0.4) is 0 Å². The van der Waals surface area contributed by atoms with Crippen LogP contribution in [-0.2, 0) is 26.5 Å². The molecule has 3 aliphatic rings. The number of nitrogens with zero attached hydrogens (tertiary/aromatic N) is 1. The summed E-state index contributed by atoms with van der Waals surface area (Å²) in [6.07, 6.45) is -0.962. The van der Waals surface area contributed by atoms with E-state index in [1.54, 1.807) is 56.5 Å². The van der Waals surface area contributed by atoms with Crippen LogP contribution >= 0.6 is 11.6 Å². The lowest BCUT2D eigenvalue weighted by molar-refractivity contribution is -0.143. The average Bonchev–Trinajstić information content (AvgIpc) is 3.36. The number of fused-ring (bicyclic) bond motifs is 4. The number of hydrogen-bond donors (Lipinski definition) is 3. The molecule has 0 bridgehead atoms. The molecule has 1 spiro atoms. The Morgan fingerprint density at radius 3 is 2.53 bits per heavy atom. The van der Waals surface area contributed by atoms with Crippen LogP contribution in [0, 0.1) is 11.8 Å². The van der Waals surface area contributed by atoms with Crippen LogP contribution in [0.25, 0.3) is 0 Å².